The van der Waals surface area contributed by atoms with Gasteiger partial charge in [0.1, 0.15) is 6.61 Å². The molecule has 0 unspecified atom stereocenters. The number of nitrogens with zero attached hydrogens (tertiary/aromatic N) is 1. The molecule has 4 N–H and O–H groups in total. The molecule has 0 saturated carbocycles. The lowest BCUT2D eigenvalue weighted by atomic mass is 9.95. The summed E-state index contributed by atoms with van der Waals surface area (Å²) in [5.41, 5.74) is 4.90. The van der Waals surface area contributed by atoms with E-state index >= 15 is 0 Å². The number of benzene rings is 2. The third kappa shape index (κ3) is 7.01. The van der Waals surface area contributed by atoms with Crippen LogP contribution in [0.2, 0.25) is 0 Å². The largest absolute Gasteiger partial charge is 0.490 e. The number of nitrogens with one attached hydrogen (secondary N) is 3. The van der Waals surface area contributed by atoms with Crippen LogP contribution < -0.4 is 25.5 Å². The first-order valence-electron chi connectivity index (χ1n) is 11.7. The molecule has 3 rings (SSSR count). The van der Waals surface area contributed by atoms with Gasteiger partial charge in [-0.3, -0.25) is 5.43 Å². The number of rotatable bonds is 11. The van der Waals surface area contributed by atoms with Crippen LogP contribution in [0, 0.1) is 0 Å². The Balaban J connectivity index is 1.66. The third-order valence-corrected chi connectivity index (χ3v) is 5.44. The first-order valence-corrected chi connectivity index (χ1v) is 11.7. The van der Waals surface area contributed by atoms with E-state index in [4.69, 9.17) is 14.2 Å². The Bertz CT molecular complexity index is 1230. The van der Waals surface area contributed by atoms with Crippen LogP contribution in [-0.2, 0) is 14.3 Å². The Morgan fingerprint density at radius 1 is 1.08 bits per heavy atom. The topological polar surface area (TPSA) is 157 Å². The van der Waals surface area contributed by atoms with Gasteiger partial charge in [0.2, 0.25) is 0 Å². The molecule has 12 nitrogen and oxygen atoms in total. The maximum atomic E-state index is 12.4. The second-order valence-corrected chi connectivity index (χ2v) is 8.03. The predicted molar refractivity (Wildman–Crippen MR) is 137 cm³/mol. The van der Waals surface area contributed by atoms with Crippen molar-refractivity contribution in [3.8, 4) is 11.5 Å². The monoisotopic (exact) mass is 526 g/mol. The molecule has 0 radical (unpaired) electrons. The molecule has 0 saturated heterocycles. The number of esters is 2. The zero-order chi connectivity index (χ0) is 27.7. The van der Waals surface area contributed by atoms with E-state index in [1.807, 2.05) is 0 Å². The first kappa shape index (κ1) is 28.0. The van der Waals surface area contributed by atoms with Gasteiger partial charge >= 0.3 is 18.0 Å². The van der Waals surface area contributed by atoms with Crippen molar-refractivity contribution in [2.24, 2.45) is 5.10 Å². The maximum Gasteiger partial charge on any atom is 0.337 e. The van der Waals surface area contributed by atoms with Crippen molar-refractivity contribution in [3.05, 3.63) is 70.4 Å². The fourth-order valence-corrected chi connectivity index (χ4v) is 3.64. The van der Waals surface area contributed by atoms with Crippen molar-refractivity contribution in [1.29, 1.82) is 0 Å². The van der Waals surface area contributed by atoms with Crippen LogP contribution in [0.3, 0.4) is 0 Å². The minimum absolute atomic E-state index is 0.158. The van der Waals surface area contributed by atoms with E-state index in [1.54, 1.807) is 56.3 Å². The lowest BCUT2D eigenvalue weighted by molar-refractivity contribution is -0.136. The number of amides is 2. The molecule has 0 aliphatic carbocycles. The van der Waals surface area contributed by atoms with Gasteiger partial charge in [-0.1, -0.05) is 18.2 Å². The Morgan fingerprint density at radius 3 is 2.45 bits per heavy atom. The van der Waals surface area contributed by atoms with E-state index in [1.165, 1.54) is 20.4 Å². The summed E-state index contributed by atoms with van der Waals surface area (Å²) >= 11 is 0. The van der Waals surface area contributed by atoms with Crippen molar-refractivity contribution >= 4 is 24.2 Å². The van der Waals surface area contributed by atoms with Crippen molar-refractivity contribution < 1.29 is 38.4 Å². The molecule has 0 aromatic heterocycles. The average Bonchev–Trinajstić information content (AvgIpc) is 2.91. The molecule has 1 aliphatic rings. The van der Waals surface area contributed by atoms with Crippen LogP contribution in [0.25, 0.3) is 0 Å². The van der Waals surface area contributed by atoms with Crippen LogP contribution in [0.4, 0.5) is 4.79 Å². The number of aliphatic hydroxyl groups is 1. The summed E-state index contributed by atoms with van der Waals surface area (Å²) in [6.07, 6.45) is 0.335. The lowest BCUT2D eigenvalue weighted by Crippen LogP contribution is -2.45. The molecule has 0 spiro atoms. The fraction of sp³-hybridized carbons (Fsp3) is 0.308. The zero-order valence-electron chi connectivity index (χ0n) is 21.4. The Kier molecular flexibility index (Phi) is 9.66. The molecule has 0 bridgehead atoms. The molecule has 2 aromatic carbocycles. The number of hydrogen-bond donors (Lipinski definition) is 4. The van der Waals surface area contributed by atoms with Gasteiger partial charge in [0.15, 0.2) is 17.7 Å². The van der Waals surface area contributed by atoms with Crippen molar-refractivity contribution in [3.63, 3.8) is 0 Å². The van der Waals surface area contributed by atoms with E-state index in [9.17, 15) is 19.5 Å². The number of urea groups is 1. The number of carbonyl (C=O) groups is 3. The number of ether oxygens (including phenoxy) is 4. The summed E-state index contributed by atoms with van der Waals surface area (Å²) < 4.78 is 21.0. The predicted octanol–water partition coefficient (Wildman–Crippen LogP) is 1.99. The van der Waals surface area contributed by atoms with Crippen LogP contribution in [0.15, 0.2) is 58.8 Å². The molecule has 1 heterocycles. The Hall–Kier alpha value is -4.58. The molecule has 2 atom stereocenters. The normalized spacial score (nSPS) is 15.8. The van der Waals surface area contributed by atoms with Crippen molar-refractivity contribution in [1.82, 2.24) is 16.1 Å². The van der Waals surface area contributed by atoms with Gasteiger partial charge in [-0.2, -0.15) is 5.10 Å². The van der Waals surface area contributed by atoms with Gasteiger partial charge in [0.25, 0.3) is 0 Å². The number of hydrazone groups is 1. The fourth-order valence-electron chi connectivity index (χ4n) is 3.64. The molecule has 0 fully saturated rings. The molecule has 2 amide bonds. The van der Waals surface area contributed by atoms with E-state index < -0.39 is 30.2 Å². The molecule has 38 heavy (non-hydrogen) atoms. The van der Waals surface area contributed by atoms with Gasteiger partial charge in [0, 0.05) is 5.70 Å². The van der Waals surface area contributed by atoms with Crippen LogP contribution >= 0.6 is 0 Å². The number of hydrogen-bond acceptors (Lipinski definition) is 10. The van der Waals surface area contributed by atoms with Gasteiger partial charge in [0.05, 0.1) is 44.2 Å². The van der Waals surface area contributed by atoms with Crippen molar-refractivity contribution in [2.75, 3.05) is 27.4 Å². The lowest BCUT2D eigenvalue weighted by Gasteiger charge is -2.28. The van der Waals surface area contributed by atoms with E-state index in [0.717, 1.165) is 0 Å². The zero-order valence-corrected chi connectivity index (χ0v) is 21.4. The highest BCUT2D eigenvalue weighted by Gasteiger charge is 2.32. The van der Waals surface area contributed by atoms with E-state index in [-0.39, 0.29) is 12.2 Å². The minimum Gasteiger partial charge on any atom is -0.490 e. The van der Waals surface area contributed by atoms with Crippen LogP contribution in [0.5, 0.6) is 11.5 Å². The van der Waals surface area contributed by atoms with E-state index in [2.05, 4.69) is 25.9 Å². The number of carbonyl (C=O) groups excluding carboxylic acids is 3. The highest BCUT2D eigenvalue weighted by molar-refractivity contribution is 5.95. The molecule has 2 aromatic rings. The average molecular weight is 527 g/mol. The van der Waals surface area contributed by atoms with Crippen LogP contribution in [0.1, 0.15) is 41.4 Å². The van der Waals surface area contributed by atoms with Gasteiger partial charge < -0.3 is 34.7 Å². The van der Waals surface area contributed by atoms with Crippen molar-refractivity contribution in [2.45, 2.75) is 26.1 Å². The second kappa shape index (κ2) is 13.1. The Morgan fingerprint density at radius 2 is 1.79 bits per heavy atom. The molecule has 12 heteroatoms. The number of allylic oxidation sites excluding steroid dienone is 1. The summed E-state index contributed by atoms with van der Waals surface area (Å²) in [6, 6.07) is 10.3. The molecule has 1 aliphatic heterocycles. The smallest absolute Gasteiger partial charge is 0.337 e. The SMILES string of the molecule is CCOc1cc([C@H]2NC(=O)NC(C)=C2C(=O)OC)ccc1OC[C@H](O)N/N=C\c1ccc(C(=O)OC)cc1. The molecular formula is C26H30N4O8. The standard InChI is InChI=1S/C26H30N4O8/c1-5-37-20-12-18(23-22(25(33)36-4)15(2)28-26(34)29-23)10-11-19(20)38-14-21(31)30-27-13-16-6-8-17(9-7-16)24(32)35-3/h6-13,21,23,30-31H,5,14H2,1-4H3,(H2,28,29,34)/b27-13-/t21-,23+/m0/s1. The van der Waals surface area contributed by atoms with E-state index in [0.29, 0.717) is 40.5 Å². The van der Waals surface area contributed by atoms with Crippen LogP contribution in [-0.4, -0.2) is 63.0 Å². The summed E-state index contributed by atoms with van der Waals surface area (Å²) in [6.45, 7) is 3.59. The third-order valence-electron chi connectivity index (χ3n) is 5.44. The highest BCUT2D eigenvalue weighted by Crippen LogP contribution is 2.34. The van der Waals surface area contributed by atoms with Gasteiger partial charge in [-0.25, -0.2) is 14.4 Å². The highest BCUT2D eigenvalue weighted by atomic mass is 16.5. The summed E-state index contributed by atoms with van der Waals surface area (Å²) in [4.78, 5) is 35.9. The van der Waals surface area contributed by atoms with Gasteiger partial charge in [-0.05, 0) is 49.2 Å². The van der Waals surface area contributed by atoms with Gasteiger partial charge in [-0.15, -0.1) is 0 Å². The molecule has 202 valence electrons. The minimum atomic E-state index is -1.14. The summed E-state index contributed by atoms with van der Waals surface area (Å²) in [5.74, 6) is -0.303. The summed E-state index contributed by atoms with van der Waals surface area (Å²) in [5, 5.41) is 19.5. The number of methoxy groups -OCH3 is 2. The second-order valence-electron chi connectivity index (χ2n) is 8.03. The first-order chi connectivity index (χ1) is 18.3. The molecular weight excluding hydrogens is 496 g/mol. The summed E-state index contributed by atoms with van der Waals surface area (Å²) in [7, 11) is 2.58. The quantitative estimate of drug-likeness (QED) is 0.149. The maximum absolute atomic E-state index is 12.4. The number of aliphatic hydroxyl groups excluding tert-OH is 1. The Labute approximate surface area is 219 Å².